The third-order valence-electron chi connectivity index (χ3n) is 4.81. The van der Waals surface area contributed by atoms with E-state index < -0.39 is 0 Å². The number of rotatable bonds is 5. The molecule has 0 aromatic heterocycles. The van der Waals surface area contributed by atoms with Gasteiger partial charge in [-0.3, -0.25) is 0 Å². The number of hydrogen-bond donors (Lipinski definition) is 1. The Kier molecular flexibility index (Phi) is 5.28. The van der Waals surface area contributed by atoms with Crippen molar-refractivity contribution in [2.45, 2.75) is 44.8 Å². The molecule has 1 N–H and O–H groups in total. The molecule has 1 saturated heterocycles. The summed E-state index contributed by atoms with van der Waals surface area (Å²) < 4.78 is 5.98. The molecule has 0 radical (unpaired) electrons. The van der Waals surface area contributed by atoms with Crippen molar-refractivity contribution < 1.29 is 4.74 Å². The minimum Gasteiger partial charge on any atom is -0.372 e. The van der Waals surface area contributed by atoms with Crippen molar-refractivity contribution in [2.24, 2.45) is 0 Å². The highest BCUT2D eigenvalue weighted by Crippen LogP contribution is 2.26. The number of benzene rings is 1. The van der Waals surface area contributed by atoms with E-state index in [2.05, 4.69) is 41.4 Å². The fourth-order valence-corrected chi connectivity index (χ4v) is 3.60. The average molecular weight is 288 g/mol. The van der Waals surface area contributed by atoms with Gasteiger partial charge in [-0.2, -0.15) is 0 Å². The van der Waals surface area contributed by atoms with Gasteiger partial charge in [0.1, 0.15) is 0 Å². The molecule has 0 bridgehead atoms. The van der Waals surface area contributed by atoms with E-state index in [0.29, 0.717) is 6.04 Å². The summed E-state index contributed by atoms with van der Waals surface area (Å²) in [5.41, 5.74) is 2.85. The van der Waals surface area contributed by atoms with Gasteiger partial charge in [0, 0.05) is 12.6 Å². The summed E-state index contributed by atoms with van der Waals surface area (Å²) in [7, 11) is 0. The Morgan fingerprint density at radius 2 is 2.05 bits per heavy atom. The van der Waals surface area contributed by atoms with Gasteiger partial charge < -0.3 is 15.0 Å². The highest BCUT2D eigenvalue weighted by molar-refractivity contribution is 5.31. The zero-order chi connectivity index (χ0) is 14.5. The van der Waals surface area contributed by atoms with Crippen molar-refractivity contribution in [3.63, 3.8) is 0 Å². The predicted molar refractivity (Wildman–Crippen MR) is 86.6 cm³/mol. The maximum absolute atomic E-state index is 5.98. The largest absolute Gasteiger partial charge is 0.372 e. The maximum Gasteiger partial charge on any atom is 0.0952 e. The first-order valence-electron chi connectivity index (χ1n) is 8.52. The summed E-state index contributed by atoms with van der Waals surface area (Å²) in [6.45, 7) is 7.82. The summed E-state index contributed by atoms with van der Waals surface area (Å²) in [4.78, 5) is 2.59. The van der Waals surface area contributed by atoms with Crippen LogP contribution in [0.15, 0.2) is 24.3 Å². The van der Waals surface area contributed by atoms with Crippen LogP contribution in [0.5, 0.6) is 0 Å². The predicted octanol–water partition coefficient (Wildman–Crippen LogP) is 2.76. The smallest absolute Gasteiger partial charge is 0.0952 e. The Morgan fingerprint density at radius 3 is 2.86 bits per heavy atom. The quantitative estimate of drug-likeness (QED) is 0.901. The average Bonchev–Trinajstić information content (AvgIpc) is 2.54. The summed E-state index contributed by atoms with van der Waals surface area (Å²) in [5, 5.41) is 3.74. The molecular weight excluding hydrogens is 260 g/mol. The van der Waals surface area contributed by atoms with Crippen molar-refractivity contribution >= 4 is 0 Å². The first kappa shape index (κ1) is 15.0. The standard InChI is InChI=1S/C18H28N2O/c1-2-10-20-11-7-16(8-12-20)19-14-18-17-6-4-3-5-15(17)9-13-21-18/h3-6,16,18-19H,2,7-14H2,1H3. The molecule has 3 heteroatoms. The molecule has 0 aliphatic carbocycles. The Hall–Kier alpha value is -0.900. The Morgan fingerprint density at radius 1 is 1.24 bits per heavy atom. The normalized spacial score (nSPS) is 24.0. The van der Waals surface area contributed by atoms with E-state index in [1.165, 1.54) is 50.0 Å². The van der Waals surface area contributed by atoms with Crippen LogP contribution in [-0.2, 0) is 11.2 Å². The van der Waals surface area contributed by atoms with E-state index in [0.717, 1.165) is 19.6 Å². The highest BCUT2D eigenvalue weighted by atomic mass is 16.5. The number of fused-ring (bicyclic) bond motifs is 1. The molecule has 0 saturated carbocycles. The lowest BCUT2D eigenvalue weighted by Gasteiger charge is -2.34. The number of hydrogen-bond acceptors (Lipinski definition) is 3. The monoisotopic (exact) mass is 288 g/mol. The van der Waals surface area contributed by atoms with Crippen LogP contribution in [0.2, 0.25) is 0 Å². The molecule has 21 heavy (non-hydrogen) atoms. The Balaban J connectivity index is 1.48. The van der Waals surface area contributed by atoms with Crippen LogP contribution >= 0.6 is 0 Å². The number of ether oxygens (including phenoxy) is 1. The lowest BCUT2D eigenvalue weighted by molar-refractivity contribution is 0.0386. The van der Waals surface area contributed by atoms with Crippen LogP contribution in [0.1, 0.15) is 43.4 Å². The second-order valence-corrected chi connectivity index (χ2v) is 6.33. The molecular formula is C18H28N2O. The van der Waals surface area contributed by atoms with Gasteiger partial charge in [0.2, 0.25) is 0 Å². The molecule has 2 heterocycles. The third kappa shape index (κ3) is 3.85. The summed E-state index contributed by atoms with van der Waals surface area (Å²) >= 11 is 0. The third-order valence-corrected chi connectivity index (χ3v) is 4.81. The van der Waals surface area contributed by atoms with E-state index in [-0.39, 0.29) is 6.10 Å². The first-order valence-corrected chi connectivity index (χ1v) is 8.52. The van der Waals surface area contributed by atoms with Gasteiger partial charge in [0.25, 0.3) is 0 Å². The van der Waals surface area contributed by atoms with Gasteiger partial charge in [0.05, 0.1) is 12.7 Å². The molecule has 3 nitrogen and oxygen atoms in total. The zero-order valence-electron chi connectivity index (χ0n) is 13.2. The number of piperidine rings is 1. The van der Waals surface area contributed by atoms with Crippen LogP contribution in [0.25, 0.3) is 0 Å². The molecule has 2 aliphatic rings. The fourth-order valence-electron chi connectivity index (χ4n) is 3.60. The first-order chi connectivity index (χ1) is 10.4. The van der Waals surface area contributed by atoms with E-state index in [1.54, 1.807) is 0 Å². The molecule has 1 aromatic rings. The molecule has 1 aromatic carbocycles. The van der Waals surface area contributed by atoms with Gasteiger partial charge in [-0.15, -0.1) is 0 Å². The lowest BCUT2D eigenvalue weighted by Crippen LogP contribution is -2.44. The molecule has 1 atom stereocenters. The van der Waals surface area contributed by atoms with Gasteiger partial charge in [0.15, 0.2) is 0 Å². The van der Waals surface area contributed by atoms with Gasteiger partial charge >= 0.3 is 0 Å². The Labute approximate surface area is 128 Å². The highest BCUT2D eigenvalue weighted by Gasteiger charge is 2.23. The molecule has 116 valence electrons. The van der Waals surface area contributed by atoms with E-state index >= 15 is 0 Å². The summed E-state index contributed by atoms with van der Waals surface area (Å²) in [6, 6.07) is 9.40. The molecule has 0 spiro atoms. The van der Waals surface area contributed by atoms with Gasteiger partial charge in [-0.25, -0.2) is 0 Å². The minimum atomic E-state index is 0.239. The van der Waals surface area contributed by atoms with E-state index in [1.807, 2.05) is 0 Å². The van der Waals surface area contributed by atoms with Crippen molar-refractivity contribution in [2.75, 3.05) is 32.8 Å². The fraction of sp³-hybridized carbons (Fsp3) is 0.667. The number of nitrogens with one attached hydrogen (secondary N) is 1. The minimum absolute atomic E-state index is 0.239. The van der Waals surface area contributed by atoms with E-state index in [4.69, 9.17) is 4.74 Å². The van der Waals surface area contributed by atoms with Gasteiger partial charge in [-0.05, 0) is 56.4 Å². The van der Waals surface area contributed by atoms with Crippen LogP contribution in [-0.4, -0.2) is 43.7 Å². The summed E-state index contributed by atoms with van der Waals surface area (Å²) in [5.74, 6) is 0. The van der Waals surface area contributed by atoms with Crippen LogP contribution in [0, 0.1) is 0 Å². The second kappa shape index (κ2) is 7.39. The van der Waals surface area contributed by atoms with Crippen LogP contribution in [0.4, 0.5) is 0 Å². The van der Waals surface area contributed by atoms with E-state index in [9.17, 15) is 0 Å². The molecule has 0 amide bonds. The Bertz CT molecular complexity index is 441. The molecule has 2 aliphatic heterocycles. The maximum atomic E-state index is 5.98. The topological polar surface area (TPSA) is 24.5 Å². The van der Waals surface area contributed by atoms with Gasteiger partial charge in [-0.1, -0.05) is 31.2 Å². The molecule has 1 fully saturated rings. The van der Waals surface area contributed by atoms with Crippen molar-refractivity contribution in [1.29, 1.82) is 0 Å². The molecule has 3 rings (SSSR count). The second-order valence-electron chi connectivity index (χ2n) is 6.33. The van der Waals surface area contributed by atoms with Crippen LogP contribution in [0.3, 0.4) is 0 Å². The van der Waals surface area contributed by atoms with Crippen molar-refractivity contribution in [1.82, 2.24) is 10.2 Å². The summed E-state index contributed by atoms with van der Waals surface area (Å²) in [6.07, 6.45) is 5.11. The SMILES string of the molecule is CCCN1CCC(NCC2OCCc3ccccc32)CC1. The van der Waals surface area contributed by atoms with Crippen molar-refractivity contribution in [3.8, 4) is 0 Å². The molecule has 1 unspecified atom stereocenters. The van der Waals surface area contributed by atoms with Crippen LogP contribution < -0.4 is 5.32 Å². The number of nitrogens with zero attached hydrogens (tertiary/aromatic N) is 1. The zero-order valence-corrected chi connectivity index (χ0v) is 13.2. The lowest BCUT2D eigenvalue weighted by atomic mass is 9.97. The number of likely N-dealkylation sites (tertiary alicyclic amines) is 1. The van der Waals surface area contributed by atoms with Crippen molar-refractivity contribution in [3.05, 3.63) is 35.4 Å².